The molecule has 0 amide bonds. The van der Waals surface area contributed by atoms with Gasteiger partial charge in [0.25, 0.3) is 0 Å². The first kappa shape index (κ1) is 18.7. The van der Waals surface area contributed by atoms with E-state index in [2.05, 4.69) is 30.0 Å². The minimum Gasteiger partial charge on any atom is -1.00 e. The van der Waals surface area contributed by atoms with Gasteiger partial charge in [-0.2, -0.15) is 0 Å². The van der Waals surface area contributed by atoms with E-state index >= 15 is 0 Å². The van der Waals surface area contributed by atoms with Crippen molar-refractivity contribution in [2.24, 2.45) is 0 Å². The van der Waals surface area contributed by atoms with Crippen LogP contribution in [-0.2, 0) is 0 Å². The first-order chi connectivity index (χ1) is 11.2. The number of halogens is 2. The van der Waals surface area contributed by atoms with E-state index in [1.54, 1.807) is 18.9 Å². The second-order valence-corrected chi connectivity index (χ2v) is 6.70. The summed E-state index contributed by atoms with van der Waals surface area (Å²) in [5.41, 5.74) is 7.01. The highest BCUT2D eigenvalue weighted by atomic mass is 35.5. The zero-order valence-corrected chi connectivity index (χ0v) is 15.5. The summed E-state index contributed by atoms with van der Waals surface area (Å²) in [7, 11) is 1.68. The molecule has 3 aromatic carbocycles. The Balaban J connectivity index is 0.00000208. The molecule has 0 fully saturated rings. The van der Waals surface area contributed by atoms with Crippen LogP contribution in [0.5, 0.6) is 5.75 Å². The fourth-order valence-corrected chi connectivity index (χ4v) is 3.37. The summed E-state index contributed by atoms with van der Waals surface area (Å²) in [5, 5.41) is 0.716. The van der Waals surface area contributed by atoms with Crippen LogP contribution in [0.2, 0.25) is 5.02 Å². The van der Waals surface area contributed by atoms with E-state index in [4.69, 9.17) is 16.3 Å². The molecule has 3 rings (SSSR count). The van der Waals surface area contributed by atoms with Crippen LogP contribution in [0.1, 0.15) is 0 Å². The molecule has 0 aliphatic carbocycles. The van der Waals surface area contributed by atoms with Crippen molar-refractivity contribution in [2.45, 2.75) is 9.79 Å². The maximum Gasteiger partial charge on any atom is 0.127 e. The van der Waals surface area contributed by atoms with Crippen LogP contribution in [0.3, 0.4) is 0 Å². The Bertz CT molecular complexity index is 822. The van der Waals surface area contributed by atoms with Crippen molar-refractivity contribution in [3.8, 4) is 16.9 Å². The summed E-state index contributed by atoms with van der Waals surface area (Å²) in [6, 6.07) is 22.2. The van der Waals surface area contributed by atoms with Crippen molar-refractivity contribution >= 4 is 29.1 Å². The van der Waals surface area contributed by atoms with E-state index in [1.807, 2.05) is 42.5 Å². The van der Waals surface area contributed by atoms with Crippen LogP contribution in [0.25, 0.3) is 11.1 Å². The van der Waals surface area contributed by atoms with Gasteiger partial charge in [0.2, 0.25) is 0 Å². The average Bonchev–Trinajstić information content (AvgIpc) is 2.57. The summed E-state index contributed by atoms with van der Waals surface area (Å²) in [5.74, 6) is 0.838. The molecule has 0 bridgehead atoms. The van der Waals surface area contributed by atoms with Gasteiger partial charge in [0.15, 0.2) is 0 Å². The van der Waals surface area contributed by atoms with Gasteiger partial charge in [-0.25, -0.2) is 0 Å². The van der Waals surface area contributed by atoms with Gasteiger partial charge in [0.05, 0.1) is 7.11 Å². The van der Waals surface area contributed by atoms with Crippen molar-refractivity contribution in [1.29, 1.82) is 0 Å². The third kappa shape index (κ3) is 4.46. The first-order valence-corrected chi connectivity index (χ1v) is 8.39. The Morgan fingerprint density at radius 3 is 2.29 bits per heavy atom. The molecule has 124 valence electrons. The molecule has 0 spiro atoms. The number of hydrogen-bond donors (Lipinski definition) is 1. The maximum absolute atomic E-state index is 6.12. The van der Waals surface area contributed by atoms with Gasteiger partial charge in [0, 0.05) is 20.4 Å². The average molecular weight is 378 g/mol. The number of ether oxygens (including phenoxy) is 1. The third-order valence-corrected chi connectivity index (χ3v) is 4.70. The summed E-state index contributed by atoms with van der Waals surface area (Å²) < 4.78 is 5.50. The molecule has 0 aromatic heterocycles. The largest absolute Gasteiger partial charge is 1.00 e. The molecule has 24 heavy (non-hydrogen) atoms. The molecule has 0 aliphatic rings. The maximum atomic E-state index is 6.12. The minimum absolute atomic E-state index is 0. The standard InChI is InChI=1S/C19H16ClNOS.ClH/c1-22-19-10-9-17(23-16-7-5-15(21)6-8-16)12-18(19)13-3-2-4-14(20)11-13;/h2-12H,21H2,1H3;1H. The van der Waals surface area contributed by atoms with Gasteiger partial charge in [-0.05, 0) is 60.2 Å². The topological polar surface area (TPSA) is 36.9 Å². The first-order valence-electron chi connectivity index (χ1n) is 7.19. The van der Waals surface area contributed by atoms with Crippen LogP contribution in [0.4, 0.5) is 5.69 Å². The van der Waals surface area contributed by atoms with Crippen LogP contribution in [0, 0.1) is 0 Å². The lowest BCUT2D eigenvalue weighted by atomic mass is 10.0. The second kappa shape index (κ2) is 8.45. The molecule has 0 atom stereocenters. The van der Waals surface area contributed by atoms with Gasteiger partial charge >= 0.3 is 0 Å². The number of quaternary nitrogens is 1. The monoisotopic (exact) mass is 377 g/mol. The Labute approximate surface area is 157 Å². The molecule has 0 saturated carbocycles. The van der Waals surface area contributed by atoms with Crippen LogP contribution >= 0.6 is 23.4 Å². The van der Waals surface area contributed by atoms with E-state index < -0.39 is 0 Å². The highest BCUT2D eigenvalue weighted by molar-refractivity contribution is 7.99. The molecule has 2 nitrogen and oxygen atoms in total. The fraction of sp³-hybridized carbons (Fsp3) is 0.0526. The van der Waals surface area contributed by atoms with Crippen molar-refractivity contribution in [3.63, 3.8) is 0 Å². The van der Waals surface area contributed by atoms with E-state index in [1.165, 1.54) is 4.90 Å². The lowest BCUT2D eigenvalue weighted by molar-refractivity contribution is -0.254. The molecule has 3 N–H and O–H groups in total. The SMILES string of the molecule is COc1ccc(Sc2ccc([NH3+])cc2)cc1-c1cccc(Cl)c1.[Cl-]. The molecular formula is C19H17Cl2NOS. The Kier molecular flexibility index (Phi) is 6.58. The zero-order valence-electron chi connectivity index (χ0n) is 13.1. The molecule has 3 aromatic rings. The number of methoxy groups -OCH3 is 1. The van der Waals surface area contributed by atoms with Crippen molar-refractivity contribution in [3.05, 3.63) is 71.8 Å². The predicted octanol–water partition coefficient (Wildman–Crippen LogP) is 2.04. The van der Waals surface area contributed by atoms with Crippen molar-refractivity contribution in [2.75, 3.05) is 7.11 Å². The molecule has 0 aliphatic heterocycles. The van der Waals surface area contributed by atoms with Gasteiger partial charge in [-0.15, -0.1) is 0 Å². The predicted molar refractivity (Wildman–Crippen MR) is 96.6 cm³/mol. The summed E-state index contributed by atoms with van der Waals surface area (Å²) in [4.78, 5) is 2.33. The smallest absolute Gasteiger partial charge is 0.127 e. The van der Waals surface area contributed by atoms with Gasteiger partial charge < -0.3 is 22.9 Å². The normalized spacial score (nSPS) is 10.1. The van der Waals surface area contributed by atoms with E-state index in [9.17, 15) is 0 Å². The zero-order chi connectivity index (χ0) is 16.2. The van der Waals surface area contributed by atoms with Gasteiger partial charge in [-0.1, -0.05) is 35.5 Å². The summed E-state index contributed by atoms with van der Waals surface area (Å²) in [6.07, 6.45) is 0. The lowest BCUT2D eigenvalue weighted by Gasteiger charge is -2.11. The van der Waals surface area contributed by atoms with Crippen molar-refractivity contribution < 1.29 is 22.9 Å². The number of rotatable bonds is 4. The highest BCUT2D eigenvalue weighted by Crippen LogP contribution is 2.37. The molecule has 5 heteroatoms. The number of benzene rings is 3. The summed E-state index contributed by atoms with van der Waals surface area (Å²) >= 11 is 7.83. The molecular weight excluding hydrogens is 361 g/mol. The van der Waals surface area contributed by atoms with Gasteiger partial charge in [0.1, 0.15) is 11.4 Å². The van der Waals surface area contributed by atoms with Crippen LogP contribution < -0.4 is 22.9 Å². The summed E-state index contributed by atoms with van der Waals surface area (Å²) in [6.45, 7) is 0. The van der Waals surface area contributed by atoms with E-state index in [-0.39, 0.29) is 12.4 Å². The third-order valence-electron chi connectivity index (χ3n) is 3.47. The van der Waals surface area contributed by atoms with Gasteiger partial charge in [-0.3, -0.25) is 0 Å². The highest BCUT2D eigenvalue weighted by Gasteiger charge is 2.09. The van der Waals surface area contributed by atoms with E-state index in [0.29, 0.717) is 5.02 Å². The quantitative estimate of drug-likeness (QED) is 0.755. The Morgan fingerprint density at radius 2 is 1.62 bits per heavy atom. The second-order valence-electron chi connectivity index (χ2n) is 5.12. The van der Waals surface area contributed by atoms with Crippen LogP contribution in [0.15, 0.2) is 76.5 Å². The minimum atomic E-state index is 0. The molecule has 0 radical (unpaired) electrons. The van der Waals surface area contributed by atoms with Crippen molar-refractivity contribution in [1.82, 2.24) is 0 Å². The molecule has 0 unspecified atom stereocenters. The lowest BCUT2D eigenvalue weighted by Crippen LogP contribution is -3.00. The fourth-order valence-electron chi connectivity index (χ4n) is 2.33. The number of hydrogen-bond acceptors (Lipinski definition) is 2. The Hall–Kier alpha value is -1.65. The van der Waals surface area contributed by atoms with Crippen LogP contribution in [-0.4, -0.2) is 7.11 Å². The van der Waals surface area contributed by atoms with E-state index in [0.717, 1.165) is 27.5 Å². The molecule has 0 heterocycles. The molecule has 0 saturated heterocycles. The Morgan fingerprint density at radius 1 is 0.917 bits per heavy atom.